The molecule has 0 fully saturated rings. The monoisotopic (exact) mass is 710 g/mol. The van der Waals surface area contributed by atoms with Gasteiger partial charge in [0.2, 0.25) is 0 Å². The smallest absolute Gasteiger partial charge is 0.275 e. The molecule has 7 rings (SSSR count). The van der Waals surface area contributed by atoms with Gasteiger partial charge in [0, 0.05) is 27.5 Å². The summed E-state index contributed by atoms with van der Waals surface area (Å²) in [6.45, 7) is 15.8. The minimum atomic E-state index is -0.270. The van der Waals surface area contributed by atoms with Crippen molar-refractivity contribution in [3.8, 4) is 34.1 Å². The average Bonchev–Trinajstić information content (AvgIpc) is 3.11. The highest BCUT2D eigenvalue weighted by Crippen LogP contribution is 2.52. The van der Waals surface area contributed by atoms with Gasteiger partial charge in [0.25, 0.3) is 18.1 Å². The van der Waals surface area contributed by atoms with Crippen molar-refractivity contribution in [2.24, 2.45) is 0 Å². The third-order valence-corrected chi connectivity index (χ3v) is 10.6. The number of fused-ring (bicyclic) bond motifs is 3. The fourth-order valence-corrected chi connectivity index (χ4v) is 8.06. The van der Waals surface area contributed by atoms with Crippen LogP contribution in [0.4, 0.5) is 0 Å². The molecule has 0 saturated carbocycles. The summed E-state index contributed by atoms with van der Waals surface area (Å²) in [5.41, 5.74) is 5.19. The predicted octanol–water partition coefficient (Wildman–Crippen LogP) is 13.6. The van der Waals surface area contributed by atoms with Crippen molar-refractivity contribution in [3.05, 3.63) is 144 Å². The van der Waals surface area contributed by atoms with Crippen LogP contribution < -0.4 is 18.1 Å². The van der Waals surface area contributed by atoms with E-state index in [-0.39, 0.29) is 28.9 Å². The normalized spacial score (nSPS) is 12.5. The first-order valence-corrected chi connectivity index (χ1v) is 19.0. The molecule has 0 radical (unpaired) electrons. The SMILES string of the molecule is Cc1c(C(C)(C)C)cc(C(C)(C)C)c(OPOc2cccc3ccccc23)c1-c1c(OPOc2cccc3ccccc23)ccc2ccccc12. The highest BCUT2D eigenvalue weighted by Gasteiger charge is 2.31. The minimum absolute atomic E-state index is 0.121. The first-order valence-electron chi connectivity index (χ1n) is 17.3. The Labute approximate surface area is 305 Å². The molecular weight excluding hydrogens is 666 g/mol. The number of hydrogen-bond acceptors (Lipinski definition) is 4. The molecule has 0 heterocycles. The first-order chi connectivity index (χ1) is 24.5. The average molecular weight is 711 g/mol. The summed E-state index contributed by atoms with van der Waals surface area (Å²) < 4.78 is 26.3. The van der Waals surface area contributed by atoms with Crippen molar-refractivity contribution in [2.45, 2.75) is 59.3 Å². The predicted molar refractivity (Wildman–Crippen MR) is 219 cm³/mol. The van der Waals surface area contributed by atoms with E-state index in [2.05, 4.69) is 127 Å². The first kappa shape index (κ1) is 34.8. The molecule has 0 aliphatic rings. The summed E-state index contributed by atoms with van der Waals surface area (Å²) in [7, 11) is -0.533. The molecule has 0 saturated heterocycles. The summed E-state index contributed by atoms with van der Waals surface area (Å²) in [6, 6.07) is 43.8. The molecule has 0 aliphatic heterocycles. The zero-order chi connectivity index (χ0) is 35.8. The molecule has 2 atom stereocenters. The van der Waals surface area contributed by atoms with Crippen LogP contribution in [-0.4, -0.2) is 0 Å². The zero-order valence-corrected chi connectivity index (χ0v) is 32.3. The van der Waals surface area contributed by atoms with E-state index in [1.807, 2.05) is 48.5 Å². The maximum atomic E-state index is 6.90. The van der Waals surface area contributed by atoms with Crippen LogP contribution in [-0.2, 0) is 10.8 Å². The van der Waals surface area contributed by atoms with Crippen LogP contribution >= 0.6 is 18.1 Å². The Hall–Kier alpha value is -4.62. The van der Waals surface area contributed by atoms with Gasteiger partial charge in [-0.15, -0.1) is 0 Å². The van der Waals surface area contributed by atoms with E-state index in [0.717, 1.165) is 77.6 Å². The van der Waals surface area contributed by atoms with Crippen molar-refractivity contribution in [3.63, 3.8) is 0 Å². The largest absolute Gasteiger partial charge is 0.440 e. The number of rotatable bonds is 9. The van der Waals surface area contributed by atoms with Crippen LogP contribution in [0.2, 0.25) is 0 Å². The Kier molecular flexibility index (Phi) is 9.68. The van der Waals surface area contributed by atoms with E-state index in [0.29, 0.717) is 0 Å². The maximum absolute atomic E-state index is 6.90. The zero-order valence-electron chi connectivity index (χ0n) is 30.3. The van der Waals surface area contributed by atoms with Crippen molar-refractivity contribution in [1.82, 2.24) is 0 Å². The molecule has 7 aromatic rings. The van der Waals surface area contributed by atoms with Gasteiger partial charge in [-0.25, -0.2) is 0 Å². The van der Waals surface area contributed by atoms with Crippen LogP contribution in [0.5, 0.6) is 23.0 Å². The Balaban J connectivity index is 1.36. The second-order valence-corrected chi connectivity index (χ2v) is 16.1. The molecule has 0 aliphatic carbocycles. The van der Waals surface area contributed by atoms with Gasteiger partial charge in [0.1, 0.15) is 23.0 Å². The second-order valence-electron chi connectivity index (χ2n) is 15.0. The van der Waals surface area contributed by atoms with Gasteiger partial charge in [-0.3, -0.25) is 0 Å². The molecule has 6 heteroatoms. The van der Waals surface area contributed by atoms with Gasteiger partial charge < -0.3 is 18.1 Å². The number of hydrogen-bond donors (Lipinski definition) is 0. The third-order valence-electron chi connectivity index (χ3n) is 9.39. The van der Waals surface area contributed by atoms with Crippen LogP contribution in [0.25, 0.3) is 43.4 Å². The quantitative estimate of drug-likeness (QED) is 0.140. The van der Waals surface area contributed by atoms with E-state index >= 15 is 0 Å². The standard InChI is InChI=1S/C45H44O4P2/c1-29-36(44(2,3)4)28-37(45(5,6)7)43(49-51-47-39-25-15-20-31-17-9-12-22-34(31)39)41(29)42-35-23-13-10-18-32(35)26-27-40(42)48-50-46-38-24-14-19-30-16-8-11-21-33(30)38/h8-28,50-51H,1-7H3. The molecule has 0 bridgehead atoms. The van der Waals surface area contributed by atoms with E-state index in [1.54, 1.807) is 0 Å². The summed E-state index contributed by atoms with van der Waals surface area (Å²) in [6.07, 6.45) is 0. The van der Waals surface area contributed by atoms with Crippen molar-refractivity contribution >= 4 is 50.4 Å². The molecule has 0 N–H and O–H groups in total. The Morgan fingerprint density at radius 3 is 1.41 bits per heavy atom. The van der Waals surface area contributed by atoms with Crippen molar-refractivity contribution in [2.75, 3.05) is 0 Å². The van der Waals surface area contributed by atoms with Gasteiger partial charge in [0.15, 0.2) is 0 Å². The summed E-state index contributed by atoms with van der Waals surface area (Å²) in [5, 5.41) is 6.58. The molecule has 258 valence electrons. The molecular formula is C45H44O4P2. The summed E-state index contributed by atoms with van der Waals surface area (Å²) in [4.78, 5) is 0. The van der Waals surface area contributed by atoms with Gasteiger partial charge in [0.05, 0.1) is 0 Å². The highest BCUT2D eigenvalue weighted by atomic mass is 31.1. The fourth-order valence-electron chi connectivity index (χ4n) is 6.88. The fraction of sp³-hybridized carbons (Fsp3) is 0.200. The Morgan fingerprint density at radius 2 is 0.863 bits per heavy atom. The van der Waals surface area contributed by atoms with E-state index in [9.17, 15) is 0 Å². The van der Waals surface area contributed by atoms with E-state index in [4.69, 9.17) is 18.1 Å². The van der Waals surface area contributed by atoms with Crippen molar-refractivity contribution in [1.29, 1.82) is 0 Å². The van der Waals surface area contributed by atoms with E-state index in [1.165, 1.54) is 5.56 Å². The Morgan fingerprint density at radius 1 is 0.412 bits per heavy atom. The Bertz CT molecular complexity index is 2360. The lowest BCUT2D eigenvalue weighted by molar-refractivity contribution is 0.491. The second kappa shape index (κ2) is 14.2. The third kappa shape index (κ3) is 7.14. The van der Waals surface area contributed by atoms with Gasteiger partial charge >= 0.3 is 0 Å². The van der Waals surface area contributed by atoms with Crippen LogP contribution in [0.1, 0.15) is 58.2 Å². The van der Waals surface area contributed by atoms with Gasteiger partial charge in [-0.05, 0) is 68.6 Å². The van der Waals surface area contributed by atoms with E-state index < -0.39 is 0 Å². The molecule has 2 unspecified atom stereocenters. The van der Waals surface area contributed by atoms with Crippen LogP contribution in [0.3, 0.4) is 0 Å². The topological polar surface area (TPSA) is 36.9 Å². The summed E-state index contributed by atoms with van der Waals surface area (Å²) >= 11 is 0. The molecule has 51 heavy (non-hydrogen) atoms. The molecule has 0 amide bonds. The van der Waals surface area contributed by atoms with Crippen LogP contribution in [0.15, 0.2) is 127 Å². The molecule has 7 aromatic carbocycles. The lowest BCUT2D eigenvalue weighted by Crippen LogP contribution is -2.19. The molecule has 4 nitrogen and oxygen atoms in total. The molecule has 0 aromatic heterocycles. The lowest BCUT2D eigenvalue weighted by Gasteiger charge is -2.32. The summed E-state index contributed by atoms with van der Waals surface area (Å²) in [5.74, 6) is 3.15. The van der Waals surface area contributed by atoms with Gasteiger partial charge in [-0.2, -0.15) is 0 Å². The van der Waals surface area contributed by atoms with Gasteiger partial charge in [-0.1, -0.05) is 151 Å². The highest BCUT2D eigenvalue weighted by molar-refractivity contribution is 7.27. The van der Waals surface area contributed by atoms with Crippen LogP contribution in [0, 0.1) is 6.92 Å². The number of benzene rings is 7. The van der Waals surface area contributed by atoms with Crippen molar-refractivity contribution < 1.29 is 18.1 Å². The maximum Gasteiger partial charge on any atom is 0.275 e. The lowest BCUT2D eigenvalue weighted by atomic mass is 9.75. The minimum Gasteiger partial charge on any atom is -0.440 e. The molecule has 0 spiro atoms.